The highest BCUT2D eigenvalue weighted by Gasteiger charge is 2.09. The highest BCUT2D eigenvalue weighted by atomic mass is 32.1. The summed E-state index contributed by atoms with van der Waals surface area (Å²) in [6.45, 7) is 0. The van der Waals surface area contributed by atoms with E-state index in [9.17, 15) is 0 Å². The Hall–Kier alpha value is -2.28. The number of hydrogen-bond acceptors (Lipinski definition) is 6. The van der Waals surface area contributed by atoms with E-state index in [1.54, 1.807) is 35.5 Å². The molecule has 3 aromatic rings. The SMILES string of the molecule is Nc1nc(-n2cccn2)ncc1-c1nccs1. The molecule has 6 nitrogen and oxygen atoms in total. The van der Waals surface area contributed by atoms with Crippen LogP contribution in [0.15, 0.2) is 36.2 Å². The zero-order chi connectivity index (χ0) is 11.7. The van der Waals surface area contributed by atoms with E-state index in [1.165, 1.54) is 11.3 Å². The molecular weight excluding hydrogens is 236 g/mol. The first-order chi connectivity index (χ1) is 8.34. The minimum atomic E-state index is 0.403. The first kappa shape index (κ1) is 9.91. The fourth-order valence-electron chi connectivity index (χ4n) is 1.40. The van der Waals surface area contributed by atoms with Gasteiger partial charge in [-0.3, -0.25) is 0 Å². The van der Waals surface area contributed by atoms with Gasteiger partial charge < -0.3 is 5.73 Å². The second kappa shape index (κ2) is 3.95. The fraction of sp³-hybridized carbons (Fsp3) is 0. The Bertz CT molecular complexity index is 616. The van der Waals surface area contributed by atoms with Crippen molar-refractivity contribution in [3.63, 3.8) is 0 Å². The number of nitrogen functional groups attached to an aromatic ring is 1. The van der Waals surface area contributed by atoms with Crippen molar-refractivity contribution in [2.75, 3.05) is 5.73 Å². The molecule has 0 aliphatic heterocycles. The van der Waals surface area contributed by atoms with E-state index in [2.05, 4.69) is 20.1 Å². The Morgan fingerprint density at radius 2 is 2.18 bits per heavy atom. The standard InChI is InChI=1S/C10H8N6S/c11-8-7(9-12-3-5-17-9)6-13-10(15-8)16-4-1-2-14-16/h1-6H,(H2,11,13,15). The molecule has 0 saturated carbocycles. The van der Waals surface area contributed by atoms with Gasteiger partial charge in [0, 0.05) is 30.2 Å². The van der Waals surface area contributed by atoms with E-state index in [-0.39, 0.29) is 0 Å². The van der Waals surface area contributed by atoms with Gasteiger partial charge in [0.15, 0.2) is 0 Å². The number of rotatable bonds is 2. The van der Waals surface area contributed by atoms with Crippen LogP contribution in [0.2, 0.25) is 0 Å². The lowest BCUT2D eigenvalue weighted by Gasteiger charge is -2.03. The molecule has 0 aliphatic carbocycles. The number of nitrogens with two attached hydrogens (primary N) is 1. The largest absolute Gasteiger partial charge is 0.383 e. The van der Waals surface area contributed by atoms with Crippen molar-refractivity contribution in [1.82, 2.24) is 24.7 Å². The second-order valence-corrected chi connectivity index (χ2v) is 4.15. The van der Waals surface area contributed by atoms with Crippen molar-refractivity contribution in [3.8, 4) is 16.5 Å². The van der Waals surface area contributed by atoms with Gasteiger partial charge in [0.05, 0.1) is 5.56 Å². The summed E-state index contributed by atoms with van der Waals surface area (Å²) < 4.78 is 1.56. The third-order valence-corrected chi connectivity index (χ3v) is 2.98. The summed E-state index contributed by atoms with van der Waals surface area (Å²) in [6, 6.07) is 1.80. The lowest BCUT2D eigenvalue weighted by atomic mass is 10.3. The van der Waals surface area contributed by atoms with Crippen molar-refractivity contribution >= 4 is 17.2 Å². The van der Waals surface area contributed by atoms with Crippen LogP contribution in [0.4, 0.5) is 5.82 Å². The molecule has 7 heteroatoms. The van der Waals surface area contributed by atoms with Crippen molar-refractivity contribution in [2.24, 2.45) is 0 Å². The molecule has 17 heavy (non-hydrogen) atoms. The summed E-state index contributed by atoms with van der Waals surface area (Å²) in [7, 11) is 0. The number of thiazole rings is 1. The predicted octanol–water partition coefficient (Wildman–Crippen LogP) is 1.37. The van der Waals surface area contributed by atoms with E-state index >= 15 is 0 Å². The topological polar surface area (TPSA) is 82.5 Å². The van der Waals surface area contributed by atoms with Crippen LogP contribution < -0.4 is 5.73 Å². The first-order valence-electron chi connectivity index (χ1n) is 4.87. The van der Waals surface area contributed by atoms with Gasteiger partial charge in [-0.15, -0.1) is 11.3 Å². The molecule has 0 amide bonds. The lowest BCUT2D eigenvalue weighted by Crippen LogP contribution is -2.05. The second-order valence-electron chi connectivity index (χ2n) is 3.26. The fourth-order valence-corrected chi connectivity index (χ4v) is 2.06. The van der Waals surface area contributed by atoms with Crippen LogP contribution in [0.5, 0.6) is 0 Å². The summed E-state index contributed by atoms with van der Waals surface area (Å²) in [4.78, 5) is 12.6. The van der Waals surface area contributed by atoms with Crippen LogP contribution in [0.1, 0.15) is 0 Å². The molecule has 0 atom stereocenters. The Balaban J connectivity index is 2.06. The summed E-state index contributed by atoms with van der Waals surface area (Å²) in [5, 5.41) is 6.74. The molecule has 0 aliphatic rings. The highest BCUT2D eigenvalue weighted by Crippen LogP contribution is 2.25. The van der Waals surface area contributed by atoms with E-state index in [0.29, 0.717) is 11.8 Å². The zero-order valence-electron chi connectivity index (χ0n) is 8.69. The molecule has 84 valence electrons. The van der Waals surface area contributed by atoms with Gasteiger partial charge in [-0.25, -0.2) is 14.6 Å². The average Bonchev–Trinajstić information content (AvgIpc) is 3.02. The highest BCUT2D eigenvalue weighted by molar-refractivity contribution is 7.13. The molecule has 0 radical (unpaired) electrons. The minimum absolute atomic E-state index is 0.403. The van der Waals surface area contributed by atoms with Gasteiger partial charge in [0.2, 0.25) is 0 Å². The Morgan fingerprint density at radius 3 is 2.82 bits per heavy atom. The van der Waals surface area contributed by atoms with E-state index in [4.69, 9.17) is 5.73 Å². The van der Waals surface area contributed by atoms with Crippen molar-refractivity contribution in [1.29, 1.82) is 0 Å². The van der Waals surface area contributed by atoms with Crippen molar-refractivity contribution in [3.05, 3.63) is 36.2 Å². The molecule has 2 N–H and O–H groups in total. The Kier molecular flexibility index (Phi) is 2.30. The maximum atomic E-state index is 5.89. The third-order valence-electron chi connectivity index (χ3n) is 2.18. The summed E-state index contributed by atoms with van der Waals surface area (Å²) in [5.74, 6) is 0.855. The number of hydrogen-bond donors (Lipinski definition) is 1. The minimum Gasteiger partial charge on any atom is -0.383 e. The quantitative estimate of drug-likeness (QED) is 0.736. The average molecular weight is 244 g/mol. The smallest absolute Gasteiger partial charge is 0.252 e. The van der Waals surface area contributed by atoms with Crippen LogP contribution in [-0.4, -0.2) is 24.7 Å². The Labute approximate surface area is 101 Å². The summed E-state index contributed by atoms with van der Waals surface area (Å²) in [6.07, 6.45) is 6.81. The van der Waals surface area contributed by atoms with Crippen LogP contribution in [-0.2, 0) is 0 Å². The molecule has 0 aromatic carbocycles. The van der Waals surface area contributed by atoms with Crippen LogP contribution in [0, 0.1) is 0 Å². The van der Waals surface area contributed by atoms with Crippen LogP contribution >= 0.6 is 11.3 Å². The number of anilines is 1. The van der Waals surface area contributed by atoms with Crippen molar-refractivity contribution in [2.45, 2.75) is 0 Å². The number of nitrogens with zero attached hydrogens (tertiary/aromatic N) is 5. The number of aromatic nitrogens is 5. The molecule has 0 saturated heterocycles. The lowest BCUT2D eigenvalue weighted by molar-refractivity contribution is 0.811. The van der Waals surface area contributed by atoms with Crippen molar-refractivity contribution < 1.29 is 0 Å². The maximum Gasteiger partial charge on any atom is 0.252 e. The van der Waals surface area contributed by atoms with Crippen LogP contribution in [0.3, 0.4) is 0 Å². The van der Waals surface area contributed by atoms with Gasteiger partial charge in [-0.1, -0.05) is 0 Å². The predicted molar refractivity (Wildman–Crippen MR) is 64.7 cm³/mol. The molecule has 0 bridgehead atoms. The normalized spacial score (nSPS) is 10.6. The molecular formula is C10H8N6S. The molecule has 3 rings (SSSR count). The summed E-state index contributed by atoms with van der Waals surface area (Å²) in [5.41, 5.74) is 6.64. The maximum absolute atomic E-state index is 5.89. The zero-order valence-corrected chi connectivity index (χ0v) is 9.50. The van der Waals surface area contributed by atoms with Gasteiger partial charge in [-0.05, 0) is 6.07 Å². The van der Waals surface area contributed by atoms with E-state index < -0.39 is 0 Å². The van der Waals surface area contributed by atoms with Gasteiger partial charge in [-0.2, -0.15) is 10.1 Å². The molecule has 0 unspecified atom stereocenters. The van der Waals surface area contributed by atoms with Gasteiger partial charge in [0.25, 0.3) is 5.95 Å². The molecule has 0 spiro atoms. The third kappa shape index (κ3) is 1.76. The van der Waals surface area contributed by atoms with Gasteiger partial charge >= 0.3 is 0 Å². The molecule has 0 fully saturated rings. The Morgan fingerprint density at radius 1 is 1.24 bits per heavy atom. The first-order valence-corrected chi connectivity index (χ1v) is 5.75. The van der Waals surface area contributed by atoms with Crippen LogP contribution in [0.25, 0.3) is 16.5 Å². The van der Waals surface area contributed by atoms with E-state index in [0.717, 1.165) is 10.6 Å². The molecule has 3 aromatic heterocycles. The summed E-state index contributed by atoms with van der Waals surface area (Å²) >= 11 is 1.50. The van der Waals surface area contributed by atoms with E-state index in [1.807, 2.05) is 5.38 Å². The monoisotopic (exact) mass is 244 g/mol. The molecule has 3 heterocycles. The van der Waals surface area contributed by atoms with Gasteiger partial charge in [0.1, 0.15) is 10.8 Å².